The molecule has 1 aromatic rings. The van der Waals surface area contributed by atoms with Gasteiger partial charge in [0.05, 0.1) is 6.20 Å². The molecule has 0 aliphatic carbocycles. The van der Waals surface area contributed by atoms with E-state index in [-0.39, 0.29) is 19.0 Å². The third kappa shape index (κ3) is 3.78. The van der Waals surface area contributed by atoms with Gasteiger partial charge in [-0.05, 0) is 0 Å². The lowest BCUT2D eigenvalue weighted by Gasteiger charge is -2.00. The van der Waals surface area contributed by atoms with Crippen LogP contribution in [0.1, 0.15) is 0 Å². The Morgan fingerprint density at radius 2 is 2.44 bits per heavy atom. The van der Waals surface area contributed by atoms with Crippen LogP contribution in [0.4, 0.5) is 10.6 Å². The molecule has 0 radical (unpaired) electrons. The predicted molar refractivity (Wildman–Crippen MR) is 52.8 cm³/mol. The number of nitrogens with zero attached hydrogens (tertiary/aromatic N) is 3. The number of nitrogens with one attached hydrogen (secondary N) is 1. The Balaban J connectivity index is 2.48. The van der Waals surface area contributed by atoms with Gasteiger partial charge < -0.3 is 9.84 Å². The maximum Gasteiger partial charge on any atom is 0.413 e. The van der Waals surface area contributed by atoms with Gasteiger partial charge in [0.25, 0.3) is 0 Å². The molecule has 0 spiro atoms. The number of aliphatic carboxylic acids is 1. The maximum atomic E-state index is 11.0. The van der Waals surface area contributed by atoms with Crippen LogP contribution in [0.25, 0.3) is 0 Å². The van der Waals surface area contributed by atoms with Gasteiger partial charge in [-0.2, -0.15) is 0 Å². The molecule has 8 nitrogen and oxygen atoms in total. The minimum absolute atomic E-state index is 0.0785. The fourth-order valence-electron chi connectivity index (χ4n) is 0.847. The summed E-state index contributed by atoms with van der Waals surface area (Å²) in [5.41, 5.74) is 0. The molecule has 0 saturated heterocycles. The summed E-state index contributed by atoms with van der Waals surface area (Å²) in [4.78, 5) is 21.4. The number of ether oxygens (including phenoxy) is 1. The Hall–Kier alpha value is -2.38. The largest absolute Gasteiger partial charge is 0.480 e. The van der Waals surface area contributed by atoms with Gasteiger partial charge in [0.15, 0.2) is 5.82 Å². The summed E-state index contributed by atoms with van der Waals surface area (Å²) >= 11 is 0. The van der Waals surface area contributed by atoms with Crippen molar-refractivity contribution in [3.8, 4) is 0 Å². The van der Waals surface area contributed by atoms with E-state index in [4.69, 9.17) is 5.11 Å². The molecule has 0 fully saturated rings. The summed E-state index contributed by atoms with van der Waals surface area (Å²) in [7, 11) is 0. The van der Waals surface area contributed by atoms with E-state index in [9.17, 15) is 9.59 Å². The molecule has 1 rings (SSSR count). The van der Waals surface area contributed by atoms with Crippen LogP contribution in [0, 0.1) is 0 Å². The highest BCUT2D eigenvalue weighted by atomic mass is 16.5. The molecule has 0 bridgehead atoms. The molecule has 0 atom stereocenters. The molecule has 2 N–H and O–H groups in total. The number of hydrogen-bond acceptors (Lipinski definition) is 5. The lowest BCUT2D eigenvalue weighted by atomic mass is 10.6. The molecule has 0 unspecified atom stereocenters. The maximum absolute atomic E-state index is 11.0. The van der Waals surface area contributed by atoms with Crippen LogP contribution in [0.5, 0.6) is 0 Å². The summed E-state index contributed by atoms with van der Waals surface area (Å²) in [6, 6.07) is 0. The lowest BCUT2D eigenvalue weighted by Crippen LogP contribution is -2.13. The van der Waals surface area contributed by atoms with E-state index in [1.165, 1.54) is 12.3 Å². The summed E-state index contributed by atoms with van der Waals surface area (Å²) in [6.07, 6.45) is 1.99. The number of carbonyl (C=O) groups is 2. The highest BCUT2D eigenvalue weighted by molar-refractivity contribution is 5.83. The first-order valence-electron chi connectivity index (χ1n) is 4.28. The average molecular weight is 226 g/mol. The Labute approximate surface area is 90.5 Å². The zero-order valence-corrected chi connectivity index (χ0v) is 8.29. The molecule has 0 aromatic carbocycles. The van der Waals surface area contributed by atoms with Crippen molar-refractivity contribution in [3.63, 3.8) is 0 Å². The first-order valence-corrected chi connectivity index (χ1v) is 4.28. The smallest absolute Gasteiger partial charge is 0.413 e. The number of rotatable bonds is 5. The van der Waals surface area contributed by atoms with E-state index in [0.717, 1.165) is 4.68 Å². The van der Waals surface area contributed by atoms with E-state index in [1.54, 1.807) is 0 Å². The molecule has 0 aliphatic rings. The molecule has 1 amide bonds. The molecule has 0 aliphatic heterocycles. The predicted octanol–water partition coefficient (Wildman–Crippen LogP) is 0.0972. The first kappa shape index (κ1) is 11.7. The van der Waals surface area contributed by atoms with Crippen molar-refractivity contribution in [2.75, 3.05) is 11.9 Å². The number of carboxylic acid groups (broad SMARTS) is 1. The number of anilines is 1. The number of amides is 1. The molecule has 16 heavy (non-hydrogen) atoms. The number of carboxylic acids is 1. The minimum atomic E-state index is -1.05. The standard InChI is InChI=1S/C8H10N4O4/c1-2-3-16-8(15)9-6-4-12(11-10-6)5-7(13)14/h2,4H,1,3,5H2,(H,9,15)(H,13,14). The molecule has 0 saturated carbocycles. The van der Waals surface area contributed by atoms with E-state index >= 15 is 0 Å². The summed E-state index contributed by atoms with van der Waals surface area (Å²) in [5, 5.41) is 17.8. The van der Waals surface area contributed by atoms with Gasteiger partial charge in [0.1, 0.15) is 13.2 Å². The summed E-state index contributed by atoms with van der Waals surface area (Å²) in [6.45, 7) is 3.13. The normalized spacial score (nSPS) is 9.50. The van der Waals surface area contributed by atoms with Crippen LogP contribution < -0.4 is 5.32 Å². The van der Waals surface area contributed by atoms with Gasteiger partial charge in [-0.25, -0.2) is 9.48 Å². The second kappa shape index (κ2) is 5.49. The average Bonchev–Trinajstić information content (AvgIpc) is 2.61. The molecule has 8 heteroatoms. The monoisotopic (exact) mass is 226 g/mol. The summed E-state index contributed by atoms with van der Waals surface area (Å²) < 4.78 is 5.70. The Bertz CT molecular complexity index is 400. The van der Waals surface area contributed by atoms with Gasteiger partial charge in [-0.3, -0.25) is 10.1 Å². The molecule has 86 valence electrons. The fourth-order valence-corrected chi connectivity index (χ4v) is 0.847. The van der Waals surface area contributed by atoms with Crippen molar-refractivity contribution in [1.29, 1.82) is 0 Å². The Morgan fingerprint density at radius 3 is 3.06 bits per heavy atom. The third-order valence-corrected chi connectivity index (χ3v) is 1.40. The Kier molecular flexibility index (Phi) is 4.01. The van der Waals surface area contributed by atoms with Crippen molar-refractivity contribution >= 4 is 17.9 Å². The van der Waals surface area contributed by atoms with Gasteiger partial charge >= 0.3 is 12.1 Å². The molecular weight excluding hydrogens is 216 g/mol. The van der Waals surface area contributed by atoms with E-state index in [0.29, 0.717) is 0 Å². The van der Waals surface area contributed by atoms with Crippen LogP contribution in [-0.4, -0.2) is 38.8 Å². The van der Waals surface area contributed by atoms with Crippen molar-refractivity contribution in [1.82, 2.24) is 15.0 Å². The molecule has 1 heterocycles. The van der Waals surface area contributed by atoms with E-state index < -0.39 is 12.1 Å². The van der Waals surface area contributed by atoms with Crippen LogP contribution in [0.3, 0.4) is 0 Å². The number of carbonyl (C=O) groups excluding carboxylic acids is 1. The van der Waals surface area contributed by atoms with Crippen molar-refractivity contribution < 1.29 is 19.4 Å². The third-order valence-electron chi connectivity index (χ3n) is 1.40. The van der Waals surface area contributed by atoms with E-state index in [2.05, 4.69) is 26.9 Å². The quantitative estimate of drug-likeness (QED) is 0.689. The van der Waals surface area contributed by atoms with Crippen LogP contribution in [-0.2, 0) is 16.1 Å². The fraction of sp³-hybridized carbons (Fsp3) is 0.250. The zero-order valence-electron chi connectivity index (χ0n) is 8.29. The molecule has 1 aromatic heterocycles. The van der Waals surface area contributed by atoms with Crippen LogP contribution >= 0.6 is 0 Å². The first-order chi connectivity index (χ1) is 7.61. The highest BCUT2D eigenvalue weighted by Crippen LogP contribution is 2.00. The van der Waals surface area contributed by atoms with Gasteiger partial charge in [0.2, 0.25) is 0 Å². The van der Waals surface area contributed by atoms with Gasteiger partial charge in [0, 0.05) is 0 Å². The van der Waals surface area contributed by atoms with Crippen molar-refractivity contribution in [2.45, 2.75) is 6.54 Å². The van der Waals surface area contributed by atoms with Gasteiger partial charge in [-0.15, -0.1) is 5.10 Å². The van der Waals surface area contributed by atoms with E-state index in [1.807, 2.05) is 0 Å². The second-order valence-corrected chi connectivity index (χ2v) is 2.71. The zero-order chi connectivity index (χ0) is 12.0. The number of aromatic nitrogens is 3. The van der Waals surface area contributed by atoms with Crippen LogP contribution in [0.15, 0.2) is 18.9 Å². The second-order valence-electron chi connectivity index (χ2n) is 2.71. The molecular formula is C8H10N4O4. The lowest BCUT2D eigenvalue weighted by molar-refractivity contribution is -0.137. The van der Waals surface area contributed by atoms with Crippen molar-refractivity contribution in [2.24, 2.45) is 0 Å². The topological polar surface area (TPSA) is 106 Å². The van der Waals surface area contributed by atoms with Crippen molar-refractivity contribution in [3.05, 3.63) is 18.9 Å². The highest BCUT2D eigenvalue weighted by Gasteiger charge is 2.07. The Morgan fingerprint density at radius 1 is 1.69 bits per heavy atom. The number of hydrogen-bond donors (Lipinski definition) is 2. The summed E-state index contributed by atoms with van der Waals surface area (Å²) in [5.74, 6) is -0.930. The van der Waals surface area contributed by atoms with Crippen LogP contribution in [0.2, 0.25) is 0 Å². The van der Waals surface area contributed by atoms with Gasteiger partial charge in [-0.1, -0.05) is 17.9 Å². The SMILES string of the molecule is C=CCOC(=O)Nc1cn(CC(=O)O)nn1. The minimum Gasteiger partial charge on any atom is -0.480 e.